The molecule has 26 heavy (non-hydrogen) atoms. The van der Waals surface area contributed by atoms with Crippen LogP contribution in [0.4, 0.5) is 5.69 Å². The van der Waals surface area contributed by atoms with Crippen molar-refractivity contribution in [2.75, 3.05) is 4.90 Å². The van der Waals surface area contributed by atoms with Gasteiger partial charge in [-0.25, -0.2) is 4.79 Å². The molecule has 0 spiro atoms. The minimum absolute atomic E-state index is 0.182. The molecule has 0 unspecified atom stereocenters. The van der Waals surface area contributed by atoms with Crippen LogP contribution in [0.25, 0.3) is 6.08 Å². The molecule has 2 amide bonds. The molecule has 0 aromatic heterocycles. The number of anilines is 1. The van der Waals surface area contributed by atoms with Crippen LogP contribution < -0.4 is 4.90 Å². The van der Waals surface area contributed by atoms with Gasteiger partial charge in [0.25, 0.3) is 0 Å². The zero-order valence-electron chi connectivity index (χ0n) is 14.4. The number of carboxylic acids is 1. The summed E-state index contributed by atoms with van der Waals surface area (Å²) in [5.41, 5.74) is 3.27. The third-order valence-electron chi connectivity index (χ3n) is 4.39. The predicted octanol–water partition coefficient (Wildman–Crippen LogP) is 3.22. The standard InChI is InChI=1S/C21H19NO4/c1-14-5-7-16(8-6-14)11-17-13-19(23)22(21(17)26)18-4-2-3-15(12-18)9-10-20(24)25/h2-10,12,17H,11,13H2,1H3,(H,24,25)/b10-9+/t17-/m0/s1. The molecule has 5 heteroatoms. The van der Waals surface area contributed by atoms with Crippen LogP contribution in [0, 0.1) is 12.8 Å². The van der Waals surface area contributed by atoms with Gasteiger partial charge in [0.2, 0.25) is 11.8 Å². The molecular formula is C21H19NO4. The van der Waals surface area contributed by atoms with Crippen LogP contribution in [0.15, 0.2) is 54.6 Å². The van der Waals surface area contributed by atoms with Crippen LogP contribution in [0.1, 0.15) is 23.1 Å². The van der Waals surface area contributed by atoms with E-state index < -0.39 is 5.97 Å². The van der Waals surface area contributed by atoms with Gasteiger partial charge in [0.05, 0.1) is 11.6 Å². The fourth-order valence-corrected chi connectivity index (χ4v) is 3.07. The van der Waals surface area contributed by atoms with Gasteiger partial charge in [-0.05, 0) is 42.7 Å². The summed E-state index contributed by atoms with van der Waals surface area (Å²) < 4.78 is 0. The second kappa shape index (κ2) is 7.35. The van der Waals surface area contributed by atoms with E-state index in [0.29, 0.717) is 17.7 Å². The number of aryl methyl sites for hydroxylation is 1. The zero-order valence-corrected chi connectivity index (χ0v) is 14.4. The number of hydrogen-bond acceptors (Lipinski definition) is 3. The van der Waals surface area contributed by atoms with Crippen LogP contribution in [0.5, 0.6) is 0 Å². The molecule has 2 aromatic rings. The number of benzene rings is 2. The summed E-state index contributed by atoms with van der Waals surface area (Å²) >= 11 is 0. The minimum Gasteiger partial charge on any atom is -0.478 e. The Morgan fingerprint density at radius 2 is 1.92 bits per heavy atom. The maximum absolute atomic E-state index is 12.8. The third-order valence-corrected chi connectivity index (χ3v) is 4.39. The van der Waals surface area contributed by atoms with Crippen molar-refractivity contribution in [2.24, 2.45) is 5.92 Å². The molecule has 1 heterocycles. The molecule has 1 N–H and O–H groups in total. The van der Waals surface area contributed by atoms with Gasteiger partial charge in [-0.15, -0.1) is 0 Å². The largest absolute Gasteiger partial charge is 0.478 e. The first kappa shape index (κ1) is 17.6. The Morgan fingerprint density at radius 3 is 2.62 bits per heavy atom. The normalized spacial score (nSPS) is 17.3. The summed E-state index contributed by atoms with van der Waals surface area (Å²) in [6.07, 6.45) is 3.16. The molecule has 132 valence electrons. The van der Waals surface area contributed by atoms with Crippen molar-refractivity contribution >= 4 is 29.5 Å². The second-order valence-corrected chi connectivity index (χ2v) is 6.42. The van der Waals surface area contributed by atoms with E-state index in [0.717, 1.165) is 17.2 Å². The third kappa shape index (κ3) is 3.88. The number of carbonyl (C=O) groups is 3. The molecule has 1 atom stereocenters. The van der Waals surface area contributed by atoms with Crippen LogP contribution in [0.3, 0.4) is 0 Å². The molecule has 0 bridgehead atoms. The fraction of sp³-hybridized carbons (Fsp3) is 0.190. The Morgan fingerprint density at radius 1 is 1.19 bits per heavy atom. The van der Waals surface area contributed by atoms with Crippen molar-refractivity contribution in [3.8, 4) is 0 Å². The first-order valence-corrected chi connectivity index (χ1v) is 8.37. The Balaban J connectivity index is 1.79. The number of carboxylic acid groups (broad SMARTS) is 1. The first-order valence-electron chi connectivity index (χ1n) is 8.37. The van der Waals surface area contributed by atoms with E-state index >= 15 is 0 Å². The highest BCUT2D eigenvalue weighted by Gasteiger charge is 2.39. The second-order valence-electron chi connectivity index (χ2n) is 6.42. The van der Waals surface area contributed by atoms with Gasteiger partial charge >= 0.3 is 5.97 Å². The Kier molecular flexibility index (Phi) is 4.98. The molecule has 1 fully saturated rings. The number of amides is 2. The van der Waals surface area contributed by atoms with Crippen molar-refractivity contribution in [2.45, 2.75) is 19.8 Å². The zero-order chi connectivity index (χ0) is 18.7. The first-order chi connectivity index (χ1) is 12.4. The van der Waals surface area contributed by atoms with E-state index in [2.05, 4.69) is 0 Å². The Labute approximate surface area is 151 Å². The van der Waals surface area contributed by atoms with E-state index in [-0.39, 0.29) is 24.2 Å². The average molecular weight is 349 g/mol. The van der Waals surface area contributed by atoms with E-state index in [1.54, 1.807) is 24.3 Å². The lowest BCUT2D eigenvalue weighted by molar-refractivity contribution is -0.131. The SMILES string of the molecule is Cc1ccc(C[C@H]2CC(=O)N(c3cccc(/C=C/C(=O)O)c3)C2=O)cc1. The summed E-state index contributed by atoms with van der Waals surface area (Å²) in [5.74, 6) is -1.87. The predicted molar refractivity (Wildman–Crippen MR) is 98.6 cm³/mol. The van der Waals surface area contributed by atoms with Gasteiger partial charge in [0.1, 0.15) is 0 Å². The minimum atomic E-state index is -1.05. The van der Waals surface area contributed by atoms with Gasteiger partial charge < -0.3 is 5.11 Å². The number of rotatable bonds is 5. The summed E-state index contributed by atoms with van der Waals surface area (Å²) in [6.45, 7) is 2.00. The van der Waals surface area contributed by atoms with E-state index in [9.17, 15) is 14.4 Å². The molecule has 0 saturated carbocycles. The van der Waals surface area contributed by atoms with Crippen molar-refractivity contribution in [3.63, 3.8) is 0 Å². The number of nitrogens with zero attached hydrogens (tertiary/aromatic N) is 1. The van der Waals surface area contributed by atoms with Crippen molar-refractivity contribution in [1.82, 2.24) is 0 Å². The van der Waals surface area contributed by atoms with Crippen LogP contribution in [-0.2, 0) is 20.8 Å². The molecule has 2 aromatic carbocycles. The Bertz CT molecular complexity index is 883. The maximum atomic E-state index is 12.8. The summed E-state index contributed by atoms with van der Waals surface area (Å²) in [6, 6.07) is 14.7. The number of aliphatic carboxylic acids is 1. The van der Waals surface area contributed by atoms with Crippen molar-refractivity contribution < 1.29 is 19.5 Å². The van der Waals surface area contributed by atoms with Gasteiger partial charge in [-0.3, -0.25) is 14.5 Å². The summed E-state index contributed by atoms with van der Waals surface area (Å²) in [4.78, 5) is 37.0. The number of carbonyl (C=O) groups excluding carboxylic acids is 2. The van der Waals surface area contributed by atoms with Crippen molar-refractivity contribution in [3.05, 3.63) is 71.3 Å². The molecule has 5 nitrogen and oxygen atoms in total. The molecular weight excluding hydrogens is 330 g/mol. The van der Waals surface area contributed by atoms with Gasteiger partial charge in [-0.2, -0.15) is 0 Å². The van der Waals surface area contributed by atoms with Crippen molar-refractivity contribution in [1.29, 1.82) is 0 Å². The molecule has 0 aliphatic carbocycles. The summed E-state index contributed by atoms with van der Waals surface area (Å²) in [7, 11) is 0. The molecule has 0 radical (unpaired) electrons. The molecule has 1 saturated heterocycles. The highest BCUT2D eigenvalue weighted by molar-refractivity contribution is 6.21. The highest BCUT2D eigenvalue weighted by atomic mass is 16.4. The highest BCUT2D eigenvalue weighted by Crippen LogP contribution is 2.29. The summed E-state index contributed by atoms with van der Waals surface area (Å²) in [5, 5.41) is 8.73. The lowest BCUT2D eigenvalue weighted by Crippen LogP contribution is -2.30. The molecule has 3 rings (SSSR count). The Hall–Kier alpha value is -3.21. The fourth-order valence-electron chi connectivity index (χ4n) is 3.07. The van der Waals surface area contributed by atoms with Gasteiger partial charge in [0.15, 0.2) is 0 Å². The van der Waals surface area contributed by atoms with Crippen LogP contribution in [0.2, 0.25) is 0 Å². The van der Waals surface area contributed by atoms with Crippen LogP contribution >= 0.6 is 0 Å². The van der Waals surface area contributed by atoms with E-state index in [1.165, 1.54) is 11.0 Å². The van der Waals surface area contributed by atoms with Crippen LogP contribution in [-0.4, -0.2) is 22.9 Å². The molecule has 1 aliphatic rings. The smallest absolute Gasteiger partial charge is 0.328 e. The monoisotopic (exact) mass is 349 g/mol. The number of hydrogen-bond donors (Lipinski definition) is 1. The maximum Gasteiger partial charge on any atom is 0.328 e. The van der Waals surface area contributed by atoms with E-state index in [4.69, 9.17) is 5.11 Å². The number of imide groups is 1. The van der Waals surface area contributed by atoms with Gasteiger partial charge in [0, 0.05) is 12.5 Å². The molecule has 1 aliphatic heterocycles. The van der Waals surface area contributed by atoms with Gasteiger partial charge in [-0.1, -0.05) is 42.0 Å². The topological polar surface area (TPSA) is 74.7 Å². The lowest BCUT2D eigenvalue weighted by Gasteiger charge is -2.15. The van der Waals surface area contributed by atoms with E-state index in [1.807, 2.05) is 31.2 Å². The quantitative estimate of drug-likeness (QED) is 0.664. The lowest BCUT2D eigenvalue weighted by atomic mass is 9.97. The average Bonchev–Trinajstić information content (AvgIpc) is 2.89.